The Hall–Kier alpha value is -2.56. The van der Waals surface area contributed by atoms with E-state index in [9.17, 15) is 4.79 Å². The summed E-state index contributed by atoms with van der Waals surface area (Å²) in [7, 11) is 0. The zero-order chi connectivity index (χ0) is 17.9. The van der Waals surface area contributed by atoms with E-state index in [1.807, 2.05) is 35.8 Å². The first-order valence-corrected chi connectivity index (χ1v) is 9.44. The number of anilines is 2. The first-order valence-electron chi connectivity index (χ1n) is 7.74. The molecule has 4 rings (SSSR count). The van der Waals surface area contributed by atoms with Crippen molar-refractivity contribution in [3.05, 3.63) is 58.2 Å². The van der Waals surface area contributed by atoms with Crippen LogP contribution in [0.5, 0.6) is 0 Å². The maximum Gasteiger partial charge on any atom is 0.269 e. The number of H-pyrrole nitrogens is 1. The number of carbonyl (C=O) groups excluding carboxylic acids is 1. The van der Waals surface area contributed by atoms with Gasteiger partial charge in [-0.05, 0) is 13.0 Å². The summed E-state index contributed by atoms with van der Waals surface area (Å²) in [5.74, 6) is -0.219. The number of para-hydroxylation sites is 1. The number of amides is 1. The smallest absolute Gasteiger partial charge is 0.269 e. The molecule has 0 spiro atoms. The summed E-state index contributed by atoms with van der Waals surface area (Å²) in [5, 5.41) is 11.0. The third-order valence-electron chi connectivity index (χ3n) is 3.64. The number of thiazole rings is 2. The molecule has 0 aliphatic carbocycles. The number of hydrogen-bond acceptors (Lipinski definition) is 7. The second-order valence-corrected chi connectivity index (χ2v) is 7.28. The van der Waals surface area contributed by atoms with E-state index < -0.39 is 0 Å². The van der Waals surface area contributed by atoms with Crippen LogP contribution in [0.1, 0.15) is 20.9 Å². The lowest BCUT2D eigenvalue weighted by Gasteiger charge is -1.98. The highest BCUT2D eigenvalue weighted by Crippen LogP contribution is 2.24. The maximum atomic E-state index is 12.3. The number of halogens is 1. The average Bonchev–Trinajstić information content (AvgIpc) is 3.36. The molecule has 0 atom stereocenters. The number of aromatic nitrogens is 3. The molecule has 0 radical (unpaired) electrons. The number of aromatic amines is 1. The predicted octanol–water partition coefficient (Wildman–Crippen LogP) is 4.67. The van der Waals surface area contributed by atoms with Gasteiger partial charge < -0.3 is 4.98 Å². The van der Waals surface area contributed by atoms with Crippen molar-refractivity contribution in [3.63, 3.8) is 0 Å². The van der Waals surface area contributed by atoms with Gasteiger partial charge in [0.05, 0.1) is 11.9 Å². The molecule has 7 nitrogen and oxygen atoms in total. The summed E-state index contributed by atoms with van der Waals surface area (Å²) >= 11 is 2.62. The fourth-order valence-electron chi connectivity index (χ4n) is 2.45. The van der Waals surface area contributed by atoms with Crippen LogP contribution >= 0.6 is 39.7 Å². The van der Waals surface area contributed by atoms with Crippen LogP contribution in [0, 0.1) is 6.92 Å². The normalized spacial score (nSPS) is 10.9. The van der Waals surface area contributed by atoms with Crippen molar-refractivity contribution in [1.82, 2.24) is 15.0 Å². The third-order valence-corrected chi connectivity index (χ3v) is 5.39. The van der Waals surface area contributed by atoms with Gasteiger partial charge in [0.1, 0.15) is 4.88 Å². The van der Waals surface area contributed by atoms with Gasteiger partial charge in [0.2, 0.25) is 5.13 Å². The van der Waals surface area contributed by atoms with Gasteiger partial charge in [-0.1, -0.05) is 29.5 Å². The lowest BCUT2D eigenvalue weighted by molar-refractivity contribution is 0.103. The standard InChI is InChI=1S/C17H14N6OS2.BrH/c1-10-14(15(24)22-16-18-6-7-25-16)26-17(21-10)23-20-9-11-8-19-13-5-3-2-4-12(11)13;/h2-9,19H,1H3,(H,21,23)(H,18,22,24);1H/b20-9+;. The summed E-state index contributed by atoms with van der Waals surface area (Å²) < 4.78 is 0. The Morgan fingerprint density at radius 1 is 1.30 bits per heavy atom. The number of aryl methyl sites for hydroxylation is 1. The lowest BCUT2D eigenvalue weighted by atomic mass is 10.2. The number of nitrogens with one attached hydrogen (secondary N) is 3. The minimum atomic E-state index is -0.219. The van der Waals surface area contributed by atoms with Gasteiger partial charge in [0.15, 0.2) is 5.13 Å². The van der Waals surface area contributed by atoms with Crippen LogP contribution < -0.4 is 10.7 Å². The van der Waals surface area contributed by atoms with E-state index >= 15 is 0 Å². The molecule has 0 saturated heterocycles. The van der Waals surface area contributed by atoms with Crippen LogP contribution in [-0.2, 0) is 0 Å². The van der Waals surface area contributed by atoms with E-state index in [1.165, 1.54) is 22.7 Å². The van der Waals surface area contributed by atoms with E-state index in [0.29, 0.717) is 20.8 Å². The molecule has 0 fully saturated rings. The highest BCUT2D eigenvalue weighted by atomic mass is 79.9. The Labute approximate surface area is 173 Å². The molecule has 1 amide bonds. The molecule has 0 saturated carbocycles. The first kappa shape index (κ1) is 19.2. The molecule has 10 heteroatoms. The summed E-state index contributed by atoms with van der Waals surface area (Å²) in [6.07, 6.45) is 5.27. The number of benzene rings is 1. The minimum absolute atomic E-state index is 0. The van der Waals surface area contributed by atoms with Crippen LogP contribution in [0.15, 0.2) is 47.1 Å². The van der Waals surface area contributed by atoms with Crippen LogP contribution in [0.3, 0.4) is 0 Å². The molecule has 0 bridgehead atoms. The maximum absolute atomic E-state index is 12.3. The Morgan fingerprint density at radius 2 is 2.15 bits per heavy atom. The largest absolute Gasteiger partial charge is 0.361 e. The molecule has 1 aromatic carbocycles. The number of hydrogen-bond donors (Lipinski definition) is 3. The van der Waals surface area contributed by atoms with E-state index in [1.54, 1.807) is 19.3 Å². The number of carbonyl (C=O) groups is 1. The highest BCUT2D eigenvalue weighted by molar-refractivity contribution is 8.93. The molecule has 0 aliphatic heterocycles. The Balaban J connectivity index is 0.00000210. The average molecular weight is 463 g/mol. The highest BCUT2D eigenvalue weighted by Gasteiger charge is 2.16. The van der Waals surface area contributed by atoms with E-state index in [2.05, 4.69) is 30.8 Å². The zero-order valence-electron chi connectivity index (χ0n) is 14.1. The van der Waals surface area contributed by atoms with Crippen LogP contribution in [0.4, 0.5) is 10.3 Å². The second kappa shape index (κ2) is 8.42. The number of hydrazone groups is 1. The Kier molecular flexibility index (Phi) is 5.99. The molecule has 27 heavy (non-hydrogen) atoms. The third kappa shape index (κ3) is 4.24. The van der Waals surface area contributed by atoms with Gasteiger partial charge in [0, 0.05) is 34.2 Å². The fourth-order valence-corrected chi connectivity index (χ4v) is 3.79. The summed E-state index contributed by atoms with van der Waals surface area (Å²) in [6.45, 7) is 1.79. The number of rotatable bonds is 5. The molecule has 4 aromatic rings. The van der Waals surface area contributed by atoms with E-state index in [-0.39, 0.29) is 22.9 Å². The van der Waals surface area contributed by atoms with E-state index in [0.717, 1.165) is 16.5 Å². The van der Waals surface area contributed by atoms with Gasteiger partial charge in [-0.15, -0.1) is 28.3 Å². The van der Waals surface area contributed by atoms with Crippen molar-refractivity contribution >= 4 is 72.9 Å². The number of nitrogens with zero attached hydrogens (tertiary/aromatic N) is 3. The van der Waals surface area contributed by atoms with Gasteiger partial charge >= 0.3 is 0 Å². The van der Waals surface area contributed by atoms with Crippen molar-refractivity contribution in [2.24, 2.45) is 5.10 Å². The van der Waals surface area contributed by atoms with Crippen LogP contribution in [-0.4, -0.2) is 27.1 Å². The van der Waals surface area contributed by atoms with Crippen molar-refractivity contribution in [3.8, 4) is 0 Å². The van der Waals surface area contributed by atoms with Crippen molar-refractivity contribution in [2.75, 3.05) is 10.7 Å². The monoisotopic (exact) mass is 462 g/mol. The molecule has 0 aliphatic rings. The predicted molar refractivity (Wildman–Crippen MR) is 117 cm³/mol. The van der Waals surface area contributed by atoms with Gasteiger partial charge in [-0.2, -0.15) is 5.10 Å². The molecular weight excluding hydrogens is 448 g/mol. The van der Waals surface area contributed by atoms with Gasteiger partial charge in [-0.25, -0.2) is 9.97 Å². The first-order chi connectivity index (χ1) is 12.7. The topological polar surface area (TPSA) is 95.1 Å². The van der Waals surface area contributed by atoms with Crippen LogP contribution in [0.2, 0.25) is 0 Å². The van der Waals surface area contributed by atoms with Gasteiger partial charge in [-0.3, -0.25) is 15.5 Å². The fraction of sp³-hybridized carbons (Fsp3) is 0.0588. The molecule has 3 N–H and O–H groups in total. The quantitative estimate of drug-likeness (QED) is 0.296. The second-order valence-electron chi connectivity index (χ2n) is 5.38. The Morgan fingerprint density at radius 3 is 2.96 bits per heavy atom. The molecular formula is C17H15BrN6OS2. The molecule has 3 heterocycles. The number of fused-ring (bicyclic) bond motifs is 1. The molecule has 0 unspecified atom stereocenters. The molecule has 138 valence electrons. The zero-order valence-corrected chi connectivity index (χ0v) is 17.4. The summed E-state index contributed by atoms with van der Waals surface area (Å²) in [4.78, 5) is 24.4. The summed E-state index contributed by atoms with van der Waals surface area (Å²) in [6, 6.07) is 8.01. The lowest BCUT2D eigenvalue weighted by Crippen LogP contribution is -2.11. The minimum Gasteiger partial charge on any atom is -0.361 e. The van der Waals surface area contributed by atoms with Crippen LogP contribution in [0.25, 0.3) is 10.9 Å². The van der Waals surface area contributed by atoms with Crippen molar-refractivity contribution < 1.29 is 4.79 Å². The summed E-state index contributed by atoms with van der Waals surface area (Å²) in [5.41, 5.74) is 5.57. The van der Waals surface area contributed by atoms with Gasteiger partial charge in [0.25, 0.3) is 5.91 Å². The van der Waals surface area contributed by atoms with Crippen molar-refractivity contribution in [2.45, 2.75) is 6.92 Å². The van der Waals surface area contributed by atoms with Crippen molar-refractivity contribution in [1.29, 1.82) is 0 Å². The SMILES string of the molecule is Br.Cc1nc(N/N=C/c2c[nH]c3ccccc23)sc1C(=O)Nc1nccs1. The Bertz CT molecular complexity index is 1090. The van der Waals surface area contributed by atoms with E-state index in [4.69, 9.17) is 0 Å². The molecule has 3 aromatic heterocycles.